The number of fused-ring (bicyclic) bond motifs is 1. The van der Waals surface area contributed by atoms with Gasteiger partial charge in [0.2, 0.25) is 0 Å². The lowest BCUT2D eigenvalue weighted by atomic mass is 10.1. The molecule has 0 aliphatic carbocycles. The average molecular weight is 405 g/mol. The van der Waals surface area contributed by atoms with Gasteiger partial charge in [0.25, 0.3) is 5.91 Å². The second kappa shape index (κ2) is 8.11. The molecule has 1 aliphatic heterocycles. The number of anilines is 1. The lowest BCUT2D eigenvalue weighted by molar-refractivity contribution is -0.144. The van der Waals surface area contributed by atoms with Crippen LogP contribution in [-0.4, -0.2) is 17.6 Å². The summed E-state index contributed by atoms with van der Waals surface area (Å²) in [6, 6.07) is 12.3. The van der Waals surface area contributed by atoms with E-state index in [1.54, 1.807) is 35.2 Å². The Labute approximate surface area is 167 Å². The second-order valence-electron chi connectivity index (χ2n) is 6.68. The first-order valence-electron chi connectivity index (χ1n) is 8.49. The lowest BCUT2D eigenvalue weighted by Crippen LogP contribution is -2.29. The summed E-state index contributed by atoms with van der Waals surface area (Å²) in [6.45, 7) is 4.14. The molecular weight excluding hydrogens is 387 g/mol. The Balaban J connectivity index is 1.90. The summed E-state index contributed by atoms with van der Waals surface area (Å²) in [4.78, 5) is 31.3. The van der Waals surface area contributed by atoms with Crippen molar-refractivity contribution in [3.8, 4) is 0 Å². The molecule has 5 nitrogen and oxygen atoms in total. The summed E-state index contributed by atoms with van der Waals surface area (Å²) in [5, 5.41) is 4.93. The average Bonchev–Trinajstić information content (AvgIpc) is 2.85. The predicted molar refractivity (Wildman–Crippen MR) is 106 cm³/mol. The van der Waals surface area contributed by atoms with Crippen LogP contribution in [0.15, 0.2) is 47.6 Å². The van der Waals surface area contributed by atoms with Gasteiger partial charge in [-0.1, -0.05) is 54.3 Å². The fourth-order valence-electron chi connectivity index (χ4n) is 2.77. The van der Waals surface area contributed by atoms with E-state index in [0.29, 0.717) is 27.8 Å². The molecular formula is C20H18Cl2N2O3. The first kappa shape index (κ1) is 19.4. The van der Waals surface area contributed by atoms with Crippen molar-refractivity contribution >= 4 is 46.5 Å². The zero-order chi connectivity index (χ0) is 19.6. The molecule has 1 aliphatic rings. The molecule has 1 heterocycles. The smallest absolute Gasteiger partial charge is 0.317 e. The number of halogens is 2. The summed E-state index contributed by atoms with van der Waals surface area (Å²) in [6.07, 6.45) is 0.224. The van der Waals surface area contributed by atoms with E-state index in [0.717, 1.165) is 5.56 Å². The van der Waals surface area contributed by atoms with Crippen molar-refractivity contribution in [2.75, 3.05) is 4.90 Å². The van der Waals surface area contributed by atoms with Crippen molar-refractivity contribution in [3.63, 3.8) is 0 Å². The number of rotatable bonds is 5. The molecule has 2 aromatic carbocycles. The summed E-state index contributed by atoms with van der Waals surface area (Å²) in [5.74, 6) is -0.690. The normalized spacial score (nSPS) is 14.8. The maximum absolute atomic E-state index is 12.9. The number of amides is 1. The first-order valence-corrected chi connectivity index (χ1v) is 9.25. The minimum absolute atomic E-state index is 0.0681. The van der Waals surface area contributed by atoms with Crippen molar-refractivity contribution in [1.82, 2.24) is 0 Å². The Hall–Kier alpha value is -2.37. The molecule has 3 rings (SSSR count). The van der Waals surface area contributed by atoms with Gasteiger partial charge in [-0.3, -0.25) is 4.79 Å². The SMILES string of the molecule is CC(C)CC(=O)O/N=C1\C(=O)N(Cc2ccc(Cl)cc2)c2ccc(Cl)cc21. The topological polar surface area (TPSA) is 59.0 Å². The van der Waals surface area contributed by atoms with Crippen LogP contribution >= 0.6 is 23.2 Å². The van der Waals surface area contributed by atoms with Crippen LogP contribution < -0.4 is 4.90 Å². The molecule has 0 radical (unpaired) electrons. The highest BCUT2D eigenvalue weighted by molar-refractivity contribution is 6.54. The van der Waals surface area contributed by atoms with Crippen LogP contribution in [0.4, 0.5) is 5.69 Å². The van der Waals surface area contributed by atoms with E-state index in [2.05, 4.69) is 5.16 Å². The van der Waals surface area contributed by atoms with Crippen molar-refractivity contribution in [2.24, 2.45) is 11.1 Å². The van der Waals surface area contributed by atoms with Crippen LogP contribution in [0.2, 0.25) is 10.0 Å². The number of oxime groups is 1. The van der Waals surface area contributed by atoms with Crippen molar-refractivity contribution in [2.45, 2.75) is 26.8 Å². The van der Waals surface area contributed by atoms with E-state index in [9.17, 15) is 9.59 Å². The van der Waals surface area contributed by atoms with Gasteiger partial charge in [0.05, 0.1) is 18.7 Å². The monoisotopic (exact) mass is 404 g/mol. The van der Waals surface area contributed by atoms with Crippen LogP contribution in [0.25, 0.3) is 0 Å². The van der Waals surface area contributed by atoms with Gasteiger partial charge in [-0.15, -0.1) is 0 Å². The quantitative estimate of drug-likeness (QED) is 0.529. The number of hydrogen-bond donors (Lipinski definition) is 0. The number of hydrogen-bond acceptors (Lipinski definition) is 4. The van der Waals surface area contributed by atoms with Gasteiger partial charge < -0.3 is 9.74 Å². The van der Waals surface area contributed by atoms with Crippen LogP contribution in [-0.2, 0) is 21.0 Å². The lowest BCUT2D eigenvalue weighted by Gasteiger charge is -2.17. The largest absolute Gasteiger partial charge is 0.335 e. The van der Waals surface area contributed by atoms with Crippen LogP contribution in [0, 0.1) is 5.92 Å². The second-order valence-corrected chi connectivity index (χ2v) is 7.55. The Morgan fingerprint density at radius 2 is 1.78 bits per heavy atom. The summed E-state index contributed by atoms with van der Waals surface area (Å²) < 4.78 is 0. The van der Waals surface area contributed by atoms with Crippen LogP contribution in [0.3, 0.4) is 0 Å². The highest BCUT2D eigenvalue weighted by atomic mass is 35.5. The van der Waals surface area contributed by atoms with Gasteiger partial charge in [0, 0.05) is 15.6 Å². The molecule has 140 valence electrons. The third-order valence-corrected chi connectivity index (χ3v) is 4.51. The van der Waals surface area contributed by atoms with Gasteiger partial charge in [-0.2, -0.15) is 0 Å². The molecule has 0 N–H and O–H groups in total. The van der Waals surface area contributed by atoms with Gasteiger partial charge in [0.15, 0.2) is 5.71 Å². The Kier molecular flexibility index (Phi) is 5.82. The molecule has 7 heteroatoms. The zero-order valence-electron chi connectivity index (χ0n) is 14.9. The molecule has 0 saturated carbocycles. The molecule has 0 atom stereocenters. The molecule has 0 saturated heterocycles. The summed E-state index contributed by atoms with van der Waals surface area (Å²) in [7, 11) is 0. The maximum Gasteiger partial charge on any atom is 0.335 e. The number of nitrogens with zero attached hydrogens (tertiary/aromatic N) is 2. The van der Waals surface area contributed by atoms with Crippen LogP contribution in [0.1, 0.15) is 31.4 Å². The fraction of sp³-hybridized carbons (Fsp3) is 0.250. The van der Waals surface area contributed by atoms with E-state index in [4.69, 9.17) is 28.0 Å². The third kappa shape index (κ3) is 4.49. The highest BCUT2D eigenvalue weighted by Crippen LogP contribution is 2.33. The highest BCUT2D eigenvalue weighted by Gasteiger charge is 2.35. The zero-order valence-corrected chi connectivity index (χ0v) is 16.4. The van der Waals surface area contributed by atoms with Crippen LogP contribution in [0.5, 0.6) is 0 Å². The van der Waals surface area contributed by atoms with E-state index in [-0.39, 0.29) is 24.0 Å². The molecule has 0 aromatic heterocycles. The fourth-order valence-corrected chi connectivity index (χ4v) is 3.07. The van der Waals surface area contributed by atoms with E-state index in [1.807, 2.05) is 26.0 Å². The summed E-state index contributed by atoms with van der Waals surface area (Å²) >= 11 is 12.0. The Bertz CT molecular complexity index is 908. The van der Waals surface area contributed by atoms with E-state index >= 15 is 0 Å². The van der Waals surface area contributed by atoms with Crippen molar-refractivity contribution < 1.29 is 14.4 Å². The molecule has 0 unspecified atom stereocenters. The number of benzene rings is 2. The van der Waals surface area contributed by atoms with Gasteiger partial charge in [-0.25, -0.2) is 4.79 Å². The molecule has 2 aromatic rings. The van der Waals surface area contributed by atoms with Gasteiger partial charge >= 0.3 is 5.97 Å². The summed E-state index contributed by atoms with van der Waals surface area (Å²) in [5.41, 5.74) is 2.18. The molecule has 27 heavy (non-hydrogen) atoms. The molecule has 0 bridgehead atoms. The van der Waals surface area contributed by atoms with E-state index in [1.165, 1.54) is 0 Å². The minimum Gasteiger partial charge on any atom is -0.317 e. The first-order chi connectivity index (χ1) is 12.8. The third-order valence-electron chi connectivity index (χ3n) is 4.02. The molecule has 0 fully saturated rings. The minimum atomic E-state index is -0.481. The van der Waals surface area contributed by atoms with Crippen molar-refractivity contribution in [1.29, 1.82) is 0 Å². The van der Waals surface area contributed by atoms with Gasteiger partial charge in [-0.05, 0) is 41.8 Å². The van der Waals surface area contributed by atoms with Crippen molar-refractivity contribution in [3.05, 3.63) is 63.6 Å². The Morgan fingerprint density at radius 3 is 2.44 bits per heavy atom. The van der Waals surface area contributed by atoms with E-state index < -0.39 is 5.97 Å². The predicted octanol–water partition coefficient (Wildman–Crippen LogP) is 4.83. The molecule has 0 spiro atoms. The number of carbonyl (C=O) groups is 2. The van der Waals surface area contributed by atoms with Gasteiger partial charge in [0.1, 0.15) is 0 Å². The maximum atomic E-state index is 12.9. The standard InChI is InChI=1S/C20H18Cl2N2O3/c1-12(2)9-18(25)27-23-19-16-10-15(22)7-8-17(16)24(20(19)26)11-13-3-5-14(21)6-4-13/h3-8,10,12H,9,11H2,1-2H3/b23-19-. The molecule has 1 amide bonds. The number of carbonyl (C=O) groups excluding carboxylic acids is 2. The Morgan fingerprint density at radius 1 is 1.11 bits per heavy atom.